The first-order chi connectivity index (χ1) is 11.2. The molecule has 0 radical (unpaired) electrons. The van der Waals surface area contributed by atoms with Crippen molar-refractivity contribution >= 4 is 5.78 Å². The smallest absolute Gasteiger partial charge is 0.133 e. The van der Waals surface area contributed by atoms with Crippen LogP contribution in [0.15, 0.2) is 60.7 Å². The molecule has 0 heterocycles. The van der Waals surface area contributed by atoms with Crippen LogP contribution in [-0.2, 0) is 17.6 Å². The average molecular weight is 308 g/mol. The predicted octanol–water partition coefficient (Wildman–Crippen LogP) is 3.96. The zero-order chi connectivity index (χ0) is 16.1. The van der Waals surface area contributed by atoms with Gasteiger partial charge in [0.25, 0.3) is 0 Å². The van der Waals surface area contributed by atoms with Gasteiger partial charge in [0, 0.05) is 12.8 Å². The third kappa shape index (κ3) is 4.52. The minimum Gasteiger partial charge on any atom is -0.390 e. The minimum absolute atomic E-state index is 0.162. The van der Waals surface area contributed by atoms with E-state index >= 15 is 0 Å². The number of benzene rings is 2. The highest BCUT2D eigenvalue weighted by atomic mass is 16.3. The standard InChI is InChI=1S/C21H24O2/c22-20(12-11-17-7-3-1-4-8-17)15-19-16-21(19,23)14-13-18-9-5-2-6-10-18/h1-10,19,23H,11-16H2/t19-,21+/m1/s1. The lowest BCUT2D eigenvalue weighted by Gasteiger charge is -2.10. The fraction of sp³-hybridized carbons (Fsp3) is 0.381. The molecular weight excluding hydrogens is 284 g/mol. The van der Waals surface area contributed by atoms with Gasteiger partial charge in [-0.1, -0.05) is 60.7 Å². The van der Waals surface area contributed by atoms with E-state index in [1.165, 1.54) is 11.1 Å². The van der Waals surface area contributed by atoms with E-state index in [0.29, 0.717) is 12.8 Å². The summed E-state index contributed by atoms with van der Waals surface area (Å²) in [5, 5.41) is 10.5. The Morgan fingerprint density at radius 3 is 2.13 bits per heavy atom. The van der Waals surface area contributed by atoms with Gasteiger partial charge in [-0.2, -0.15) is 0 Å². The Morgan fingerprint density at radius 2 is 1.52 bits per heavy atom. The van der Waals surface area contributed by atoms with Crippen LogP contribution in [0.1, 0.15) is 36.8 Å². The van der Waals surface area contributed by atoms with Crippen molar-refractivity contribution in [1.29, 1.82) is 0 Å². The van der Waals surface area contributed by atoms with Crippen molar-refractivity contribution in [3.63, 3.8) is 0 Å². The van der Waals surface area contributed by atoms with Gasteiger partial charge in [0.1, 0.15) is 5.78 Å². The summed E-state index contributed by atoms with van der Waals surface area (Å²) in [5.41, 5.74) is 1.84. The second-order valence-corrected chi connectivity index (χ2v) is 6.72. The Hall–Kier alpha value is -1.93. The average Bonchev–Trinajstić information content (AvgIpc) is 3.23. The molecule has 1 N–H and O–H groups in total. The van der Waals surface area contributed by atoms with Gasteiger partial charge in [0.2, 0.25) is 0 Å². The summed E-state index contributed by atoms with van der Waals surface area (Å²) in [6, 6.07) is 20.3. The molecule has 1 aliphatic carbocycles. The molecule has 2 aromatic rings. The first-order valence-electron chi connectivity index (χ1n) is 8.48. The van der Waals surface area contributed by atoms with E-state index in [1.54, 1.807) is 0 Å². The molecule has 1 saturated carbocycles. The highest BCUT2D eigenvalue weighted by molar-refractivity contribution is 5.79. The molecule has 2 heteroatoms. The zero-order valence-corrected chi connectivity index (χ0v) is 13.4. The second kappa shape index (κ2) is 7.10. The molecule has 0 aromatic heterocycles. The predicted molar refractivity (Wildman–Crippen MR) is 92.2 cm³/mol. The van der Waals surface area contributed by atoms with Gasteiger partial charge < -0.3 is 5.11 Å². The van der Waals surface area contributed by atoms with E-state index in [9.17, 15) is 9.90 Å². The quantitative estimate of drug-likeness (QED) is 0.801. The molecule has 2 nitrogen and oxygen atoms in total. The summed E-state index contributed by atoms with van der Waals surface area (Å²) in [4.78, 5) is 12.1. The fourth-order valence-corrected chi connectivity index (χ4v) is 3.25. The van der Waals surface area contributed by atoms with Crippen LogP contribution >= 0.6 is 0 Å². The molecule has 0 amide bonds. The molecule has 23 heavy (non-hydrogen) atoms. The van der Waals surface area contributed by atoms with E-state index < -0.39 is 5.60 Å². The Morgan fingerprint density at radius 1 is 0.957 bits per heavy atom. The van der Waals surface area contributed by atoms with Crippen molar-refractivity contribution in [1.82, 2.24) is 0 Å². The van der Waals surface area contributed by atoms with Crippen LogP contribution in [0.5, 0.6) is 0 Å². The molecule has 0 bridgehead atoms. The van der Waals surface area contributed by atoms with Gasteiger partial charge in [-0.05, 0) is 42.7 Å². The Bertz CT molecular complexity index is 635. The van der Waals surface area contributed by atoms with E-state index in [4.69, 9.17) is 0 Å². The SMILES string of the molecule is O=C(CCc1ccccc1)C[C@@H]1C[C@@]1(O)CCc1ccccc1. The molecule has 0 spiro atoms. The van der Waals surface area contributed by atoms with Crippen molar-refractivity contribution in [2.75, 3.05) is 0 Å². The second-order valence-electron chi connectivity index (χ2n) is 6.72. The zero-order valence-electron chi connectivity index (χ0n) is 13.4. The van der Waals surface area contributed by atoms with Crippen LogP contribution < -0.4 is 0 Å². The van der Waals surface area contributed by atoms with E-state index in [2.05, 4.69) is 24.3 Å². The Balaban J connectivity index is 1.40. The molecule has 2 aromatic carbocycles. The number of hydrogen-bond donors (Lipinski definition) is 1. The molecule has 3 rings (SSSR count). The molecule has 0 saturated heterocycles. The van der Waals surface area contributed by atoms with E-state index in [1.807, 2.05) is 36.4 Å². The van der Waals surface area contributed by atoms with Crippen molar-refractivity contribution in [2.24, 2.45) is 5.92 Å². The first-order valence-corrected chi connectivity index (χ1v) is 8.48. The number of rotatable bonds is 8. The third-order valence-electron chi connectivity index (χ3n) is 4.90. The third-order valence-corrected chi connectivity index (χ3v) is 4.90. The van der Waals surface area contributed by atoms with Gasteiger partial charge in [-0.25, -0.2) is 0 Å². The van der Waals surface area contributed by atoms with Crippen LogP contribution in [0.2, 0.25) is 0 Å². The summed E-state index contributed by atoms with van der Waals surface area (Å²) in [6.45, 7) is 0. The molecule has 2 atom stereocenters. The summed E-state index contributed by atoms with van der Waals surface area (Å²) >= 11 is 0. The minimum atomic E-state index is -0.613. The summed E-state index contributed by atoms with van der Waals surface area (Å²) in [6.07, 6.45) is 4.32. The van der Waals surface area contributed by atoms with Gasteiger partial charge in [0.15, 0.2) is 0 Å². The van der Waals surface area contributed by atoms with Gasteiger partial charge in [-0.15, -0.1) is 0 Å². The highest BCUT2D eigenvalue weighted by Gasteiger charge is 2.52. The monoisotopic (exact) mass is 308 g/mol. The molecule has 1 fully saturated rings. The van der Waals surface area contributed by atoms with E-state index in [-0.39, 0.29) is 11.7 Å². The summed E-state index contributed by atoms with van der Waals surface area (Å²) < 4.78 is 0. The van der Waals surface area contributed by atoms with Crippen LogP contribution in [-0.4, -0.2) is 16.5 Å². The number of Topliss-reactive ketones (excluding diaryl/α,β-unsaturated/α-hetero) is 1. The largest absolute Gasteiger partial charge is 0.390 e. The fourth-order valence-electron chi connectivity index (χ4n) is 3.25. The molecule has 120 valence electrons. The number of aliphatic hydroxyl groups is 1. The lowest BCUT2D eigenvalue weighted by Crippen LogP contribution is -2.14. The number of carbonyl (C=O) groups excluding carboxylic acids is 1. The summed E-state index contributed by atoms with van der Waals surface area (Å²) in [5.74, 6) is 0.434. The lowest BCUT2D eigenvalue weighted by atomic mass is 10.0. The lowest BCUT2D eigenvalue weighted by molar-refractivity contribution is -0.119. The van der Waals surface area contributed by atoms with Crippen molar-refractivity contribution in [3.8, 4) is 0 Å². The molecule has 0 aliphatic heterocycles. The van der Waals surface area contributed by atoms with Crippen LogP contribution in [0, 0.1) is 5.92 Å². The number of carbonyl (C=O) groups is 1. The number of ketones is 1. The molecule has 0 unspecified atom stereocenters. The number of aryl methyl sites for hydroxylation is 2. The maximum Gasteiger partial charge on any atom is 0.133 e. The Kier molecular flexibility index (Phi) is 4.92. The Labute approximate surface area is 138 Å². The normalized spacial score (nSPS) is 22.7. The van der Waals surface area contributed by atoms with E-state index in [0.717, 1.165) is 25.7 Å². The summed E-state index contributed by atoms with van der Waals surface area (Å²) in [7, 11) is 0. The van der Waals surface area contributed by atoms with Crippen LogP contribution in [0.4, 0.5) is 0 Å². The van der Waals surface area contributed by atoms with Gasteiger partial charge >= 0.3 is 0 Å². The van der Waals surface area contributed by atoms with Crippen LogP contribution in [0.25, 0.3) is 0 Å². The first kappa shape index (κ1) is 15.9. The van der Waals surface area contributed by atoms with Crippen molar-refractivity contribution in [2.45, 2.75) is 44.1 Å². The van der Waals surface area contributed by atoms with Gasteiger partial charge in [0.05, 0.1) is 5.60 Å². The maximum atomic E-state index is 12.1. The number of hydrogen-bond acceptors (Lipinski definition) is 2. The molecule has 1 aliphatic rings. The maximum absolute atomic E-state index is 12.1. The highest BCUT2D eigenvalue weighted by Crippen LogP contribution is 2.49. The molecular formula is C21H24O2. The van der Waals surface area contributed by atoms with Crippen molar-refractivity contribution in [3.05, 3.63) is 71.8 Å². The van der Waals surface area contributed by atoms with Crippen molar-refractivity contribution < 1.29 is 9.90 Å². The van der Waals surface area contributed by atoms with Gasteiger partial charge in [-0.3, -0.25) is 4.79 Å². The topological polar surface area (TPSA) is 37.3 Å². The van der Waals surface area contributed by atoms with Crippen LogP contribution in [0.3, 0.4) is 0 Å².